The average Bonchev–Trinajstić information content (AvgIpc) is 2.49. The monoisotopic (exact) mass is 255 g/mol. The van der Waals surface area contributed by atoms with Crippen molar-refractivity contribution in [2.24, 2.45) is 0 Å². The van der Waals surface area contributed by atoms with Gasteiger partial charge in [0.1, 0.15) is 0 Å². The fraction of sp³-hybridized carbons (Fsp3) is 0.375. The number of aryl methyl sites for hydroxylation is 1. The Balaban J connectivity index is 1.98. The summed E-state index contributed by atoms with van der Waals surface area (Å²) in [5.74, 6) is 0. The van der Waals surface area contributed by atoms with Gasteiger partial charge in [0.25, 0.3) is 0 Å². The minimum absolute atomic E-state index is 0.357. The van der Waals surface area contributed by atoms with Gasteiger partial charge in [-0.15, -0.1) is 0 Å². The third-order valence-electron chi connectivity index (χ3n) is 3.14. The van der Waals surface area contributed by atoms with Crippen molar-refractivity contribution in [2.45, 2.75) is 32.2 Å². The number of aromatic nitrogens is 2. The molecule has 3 heteroatoms. The smallest absolute Gasteiger partial charge is 0.0404 e. The number of nitrogens with one attached hydrogen (secondary N) is 1. The molecule has 1 N–H and O–H groups in total. The van der Waals surface area contributed by atoms with Crippen LogP contribution in [0.3, 0.4) is 0 Å². The van der Waals surface area contributed by atoms with E-state index in [0.29, 0.717) is 6.04 Å². The van der Waals surface area contributed by atoms with Gasteiger partial charge in [0, 0.05) is 30.3 Å². The van der Waals surface area contributed by atoms with Crippen molar-refractivity contribution in [3.63, 3.8) is 0 Å². The van der Waals surface area contributed by atoms with E-state index >= 15 is 0 Å². The maximum absolute atomic E-state index is 4.38. The van der Waals surface area contributed by atoms with Crippen molar-refractivity contribution >= 4 is 0 Å². The van der Waals surface area contributed by atoms with Crippen LogP contribution in [0.5, 0.6) is 0 Å². The van der Waals surface area contributed by atoms with E-state index in [9.17, 15) is 0 Å². The Hall–Kier alpha value is -1.74. The molecule has 0 radical (unpaired) electrons. The van der Waals surface area contributed by atoms with E-state index in [1.165, 1.54) is 5.56 Å². The molecular weight excluding hydrogens is 234 g/mol. The van der Waals surface area contributed by atoms with Crippen molar-refractivity contribution in [1.82, 2.24) is 15.3 Å². The van der Waals surface area contributed by atoms with Crippen molar-refractivity contribution < 1.29 is 0 Å². The largest absolute Gasteiger partial charge is 0.310 e. The molecule has 2 heterocycles. The molecule has 0 spiro atoms. The highest BCUT2D eigenvalue weighted by atomic mass is 14.9. The average molecular weight is 255 g/mol. The molecule has 100 valence electrons. The van der Waals surface area contributed by atoms with Crippen LogP contribution in [0.25, 0.3) is 0 Å². The number of rotatable bonds is 7. The topological polar surface area (TPSA) is 37.8 Å². The molecule has 0 saturated carbocycles. The van der Waals surface area contributed by atoms with Crippen molar-refractivity contribution in [1.29, 1.82) is 0 Å². The molecule has 2 aromatic rings. The second-order valence-electron chi connectivity index (χ2n) is 4.65. The van der Waals surface area contributed by atoms with E-state index in [1.807, 2.05) is 36.8 Å². The highest BCUT2D eigenvalue weighted by Gasteiger charge is 2.10. The normalized spacial score (nSPS) is 12.3. The first-order valence-corrected chi connectivity index (χ1v) is 6.93. The van der Waals surface area contributed by atoms with Crippen LogP contribution in [0.4, 0.5) is 0 Å². The molecule has 0 bridgehead atoms. The van der Waals surface area contributed by atoms with Gasteiger partial charge < -0.3 is 5.32 Å². The first-order valence-electron chi connectivity index (χ1n) is 6.93. The molecule has 0 aliphatic rings. The summed E-state index contributed by atoms with van der Waals surface area (Å²) in [4.78, 5) is 8.59. The Kier molecular flexibility index (Phi) is 5.50. The molecule has 2 aromatic heterocycles. The molecule has 0 saturated heterocycles. The summed E-state index contributed by atoms with van der Waals surface area (Å²) in [6.07, 6.45) is 8.79. The molecule has 0 fully saturated rings. The first-order chi connectivity index (χ1) is 9.40. The third-order valence-corrected chi connectivity index (χ3v) is 3.14. The number of pyridine rings is 2. The van der Waals surface area contributed by atoms with E-state index in [-0.39, 0.29) is 0 Å². The molecule has 3 nitrogen and oxygen atoms in total. The van der Waals surface area contributed by atoms with Gasteiger partial charge in [0.05, 0.1) is 0 Å². The van der Waals surface area contributed by atoms with Gasteiger partial charge in [-0.25, -0.2) is 0 Å². The highest BCUT2D eigenvalue weighted by Crippen LogP contribution is 2.17. The Morgan fingerprint density at radius 3 is 2.79 bits per heavy atom. The lowest BCUT2D eigenvalue weighted by Crippen LogP contribution is -2.23. The van der Waals surface area contributed by atoms with Crippen LogP contribution >= 0.6 is 0 Å². The van der Waals surface area contributed by atoms with Gasteiger partial charge in [-0.3, -0.25) is 9.97 Å². The molecule has 0 aliphatic carbocycles. The summed E-state index contributed by atoms with van der Waals surface area (Å²) in [5.41, 5.74) is 2.40. The van der Waals surface area contributed by atoms with E-state index < -0.39 is 0 Å². The lowest BCUT2D eigenvalue weighted by molar-refractivity contribution is 0.496. The number of hydrogen-bond acceptors (Lipinski definition) is 3. The fourth-order valence-electron chi connectivity index (χ4n) is 2.13. The quantitative estimate of drug-likeness (QED) is 0.826. The van der Waals surface area contributed by atoms with Crippen LogP contribution in [0.1, 0.15) is 37.1 Å². The zero-order valence-corrected chi connectivity index (χ0v) is 11.4. The maximum atomic E-state index is 4.38. The molecule has 1 unspecified atom stereocenters. The molecule has 19 heavy (non-hydrogen) atoms. The standard InChI is InChI=1S/C16H21N3/c1-2-10-19-16(14-6-5-11-17-13-14)9-8-15-7-3-4-12-18-15/h3-7,11-13,16,19H,2,8-10H2,1H3. The van der Waals surface area contributed by atoms with E-state index in [0.717, 1.165) is 31.5 Å². The van der Waals surface area contributed by atoms with Crippen LogP contribution in [0.15, 0.2) is 48.9 Å². The van der Waals surface area contributed by atoms with Crippen molar-refractivity contribution in [3.05, 3.63) is 60.2 Å². The highest BCUT2D eigenvalue weighted by molar-refractivity contribution is 5.14. The predicted molar refractivity (Wildman–Crippen MR) is 77.8 cm³/mol. The minimum Gasteiger partial charge on any atom is -0.310 e. The summed E-state index contributed by atoms with van der Waals surface area (Å²) >= 11 is 0. The Bertz CT molecular complexity index is 456. The second-order valence-corrected chi connectivity index (χ2v) is 4.65. The SMILES string of the molecule is CCCNC(CCc1ccccn1)c1cccnc1. The summed E-state index contributed by atoms with van der Waals surface area (Å²) in [6.45, 7) is 3.22. The summed E-state index contributed by atoms with van der Waals surface area (Å²) in [7, 11) is 0. The maximum Gasteiger partial charge on any atom is 0.0404 e. The van der Waals surface area contributed by atoms with Crippen LogP contribution in [0.2, 0.25) is 0 Å². The molecule has 1 atom stereocenters. The van der Waals surface area contributed by atoms with Gasteiger partial charge in [-0.05, 0) is 49.6 Å². The molecule has 0 aromatic carbocycles. The van der Waals surface area contributed by atoms with E-state index in [2.05, 4.69) is 34.3 Å². The third kappa shape index (κ3) is 4.45. The Morgan fingerprint density at radius 2 is 2.11 bits per heavy atom. The molecule has 0 aliphatic heterocycles. The first kappa shape index (κ1) is 13.7. The van der Waals surface area contributed by atoms with Crippen molar-refractivity contribution in [2.75, 3.05) is 6.54 Å². The number of nitrogens with zero attached hydrogens (tertiary/aromatic N) is 2. The Labute approximate surface area is 115 Å². The predicted octanol–water partition coefficient (Wildman–Crippen LogP) is 3.15. The van der Waals surface area contributed by atoms with Crippen LogP contribution in [-0.4, -0.2) is 16.5 Å². The van der Waals surface area contributed by atoms with Crippen LogP contribution in [-0.2, 0) is 6.42 Å². The molecular formula is C16H21N3. The van der Waals surface area contributed by atoms with Gasteiger partial charge in [-0.1, -0.05) is 19.1 Å². The molecule has 0 amide bonds. The second kappa shape index (κ2) is 7.64. The zero-order chi connectivity index (χ0) is 13.3. The zero-order valence-electron chi connectivity index (χ0n) is 11.4. The van der Waals surface area contributed by atoms with Gasteiger partial charge >= 0.3 is 0 Å². The van der Waals surface area contributed by atoms with E-state index in [1.54, 1.807) is 0 Å². The molecule has 2 rings (SSSR count). The Morgan fingerprint density at radius 1 is 1.16 bits per heavy atom. The lowest BCUT2D eigenvalue weighted by Gasteiger charge is -2.18. The lowest BCUT2D eigenvalue weighted by atomic mass is 10.0. The van der Waals surface area contributed by atoms with Gasteiger partial charge in [0.15, 0.2) is 0 Å². The van der Waals surface area contributed by atoms with Gasteiger partial charge in [-0.2, -0.15) is 0 Å². The van der Waals surface area contributed by atoms with E-state index in [4.69, 9.17) is 0 Å². The number of hydrogen-bond donors (Lipinski definition) is 1. The fourth-order valence-corrected chi connectivity index (χ4v) is 2.13. The summed E-state index contributed by atoms with van der Waals surface area (Å²) in [6, 6.07) is 10.6. The van der Waals surface area contributed by atoms with Crippen LogP contribution in [0, 0.1) is 0 Å². The summed E-state index contributed by atoms with van der Waals surface area (Å²) < 4.78 is 0. The van der Waals surface area contributed by atoms with Crippen LogP contribution < -0.4 is 5.32 Å². The van der Waals surface area contributed by atoms with Gasteiger partial charge in [0.2, 0.25) is 0 Å². The summed E-state index contributed by atoms with van der Waals surface area (Å²) in [5, 5.41) is 3.59. The van der Waals surface area contributed by atoms with Crippen molar-refractivity contribution in [3.8, 4) is 0 Å². The minimum atomic E-state index is 0.357.